The number of rotatable bonds is 14. The Morgan fingerprint density at radius 3 is 1.88 bits per heavy atom. The quantitative estimate of drug-likeness (QED) is 0.164. The van der Waals surface area contributed by atoms with Crippen molar-refractivity contribution in [2.24, 2.45) is 18.4 Å². The number of carbonyl (C=O) groups excluding carboxylic acids is 6. The van der Waals surface area contributed by atoms with Crippen LogP contribution in [0.2, 0.25) is 0 Å². The van der Waals surface area contributed by atoms with Gasteiger partial charge in [0.15, 0.2) is 0 Å². The van der Waals surface area contributed by atoms with E-state index < -0.39 is 59.3 Å². The monoisotopic (exact) mass is 592 g/mol. The minimum atomic E-state index is -1.09. The molecule has 1 aromatic rings. The number of nitrogens with one attached hydrogen (secondary N) is 6. The van der Waals surface area contributed by atoms with Gasteiger partial charge >= 0.3 is 0 Å². The predicted molar refractivity (Wildman–Crippen MR) is 157 cm³/mol. The molecule has 14 nitrogen and oxygen atoms in total. The number of aromatic nitrogens is 2. The third kappa shape index (κ3) is 10.8. The number of aryl methyl sites for hydroxylation is 1. The van der Waals surface area contributed by atoms with Crippen molar-refractivity contribution in [1.82, 2.24) is 41.5 Å². The smallest absolute Gasteiger partial charge is 0.243 e. The Hall–Kier alpha value is -3.97. The summed E-state index contributed by atoms with van der Waals surface area (Å²) in [5.74, 6) is -3.43. The number of hydrogen-bond donors (Lipinski definition) is 6. The van der Waals surface area contributed by atoms with E-state index in [1.807, 2.05) is 20.8 Å². The SMILES string of the molecule is CC[C@H](NC(C)=O)C(=O)N[C@@H](Cc1cncn1C)C(=O)N[C@@H](C)C(=O)N[C@H](C(=O)N[C@H](C(=O)NC)C(C)(C)C)C(C)C. The normalized spacial score (nSPS) is 14.9. The fourth-order valence-electron chi connectivity index (χ4n) is 4.11. The van der Waals surface area contributed by atoms with Crippen molar-refractivity contribution >= 4 is 35.4 Å². The van der Waals surface area contributed by atoms with Crippen LogP contribution in [0.3, 0.4) is 0 Å². The van der Waals surface area contributed by atoms with E-state index in [-0.39, 0.29) is 24.2 Å². The summed E-state index contributed by atoms with van der Waals surface area (Å²) in [6, 6.07) is -4.84. The summed E-state index contributed by atoms with van der Waals surface area (Å²) < 4.78 is 1.70. The van der Waals surface area contributed by atoms with E-state index in [9.17, 15) is 28.8 Å². The van der Waals surface area contributed by atoms with Gasteiger partial charge < -0.3 is 36.5 Å². The molecule has 5 atom stereocenters. The second-order valence-corrected chi connectivity index (χ2v) is 11.8. The average Bonchev–Trinajstić information content (AvgIpc) is 3.30. The molecule has 1 aromatic heterocycles. The largest absolute Gasteiger partial charge is 0.357 e. The number of hydrogen-bond acceptors (Lipinski definition) is 7. The topological polar surface area (TPSA) is 192 Å². The molecule has 1 heterocycles. The van der Waals surface area contributed by atoms with Crippen LogP contribution in [0.25, 0.3) is 0 Å². The van der Waals surface area contributed by atoms with E-state index in [1.54, 1.807) is 44.9 Å². The van der Waals surface area contributed by atoms with Gasteiger partial charge in [0.1, 0.15) is 30.2 Å². The maximum absolute atomic E-state index is 13.3. The fraction of sp³-hybridized carbons (Fsp3) is 0.679. The molecule has 0 bridgehead atoms. The summed E-state index contributed by atoms with van der Waals surface area (Å²) in [5.41, 5.74) is 0.0632. The first-order chi connectivity index (χ1) is 19.4. The number of likely N-dealkylation sites (N-methyl/N-ethyl adjacent to an activating group) is 1. The van der Waals surface area contributed by atoms with Gasteiger partial charge in [0, 0.05) is 39.3 Å². The molecule has 0 aromatic carbocycles. The van der Waals surface area contributed by atoms with Crippen LogP contribution in [0.5, 0.6) is 0 Å². The Morgan fingerprint density at radius 2 is 1.43 bits per heavy atom. The van der Waals surface area contributed by atoms with Crippen LogP contribution in [-0.4, -0.2) is 82.3 Å². The van der Waals surface area contributed by atoms with E-state index in [4.69, 9.17) is 0 Å². The Balaban J connectivity index is 3.07. The van der Waals surface area contributed by atoms with Crippen LogP contribution >= 0.6 is 0 Å². The highest BCUT2D eigenvalue weighted by Gasteiger charge is 2.36. The summed E-state index contributed by atoms with van der Waals surface area (Å²) in [6.45, 7) is 13.4. The predicted octanol–water partition coefficient (Wildman–Crippen LogP) is -0.715. The lowest BCUT2D eigenvalue weighted by molar-refractivity contribution is -0.136. The van der Waals surface area contributed by atoms with Crippen molar-refractivity contribution in [3.63, 3.8) is 0 Å². The summed E-state index contributed by atoms with van der Waals surface area (Å²) in [5, 5.41) is 15.8. The van der Waals surface area contributed by atoms with Crippen molar-refractivity contribution in [3.05, 3.63) is 18.2 Å². The number of nitrogens with zero attached hydrogens (tertiary/aromatic N) is 2. The van der Waals surface area contributed by atoms with Gasteiger partial charge in [0.05, 0.1) is 6.33 Å². The second-order valence-electron chi connectivity index (χ2n) is 11.8. The third-order valence-corrected chi connectivity index (χ3v) is 6.73. The first kappa shape index (κ1) is 36.1. The molecule has 0 fully saturated rings. The van der Waals surface area contributed by atoms with Gasteiger partial charge in [-0.1, -0.05) is 41.5 Å². The Morgan fingerprint density at radius 1 is 0.833 bits per heavy atom. The number of amides is 6. The van der Waals surface area contributed by atoms with Gasteiger partial charge in [-0.2, -0.15) is 0 Å². The number of imidazole rings is 1. The van der Waals surface area contributed by atoms with Crippen LogP contribution < -0.4 is 31.9 Å². The molecule has 6 N–H and O–H groups in total. The minimum absolute atomic E-state index is 0.0730. The molecule has 236 valence electrons. The maximum atomic E-state index is 13.3. The Bertz CT molecular complexity index is 1130. The van der Waals surface area contributed by atoms with E-state index >= 15 is 0 Å². The maximum Gasteiger partial charge on any atom is 0.243 e. The molecule has 0 aliphatic rings. The molecule has 42 heavy (non-hydrogen) atoms. The molecule has 0 aliphatic heterocycles. The van der Waals surface area contributed by atoms with Crippen molar-refractivity contribution in [3.8, 4) is 0 Å². The molecule has 0 spiro atoms. The highest BCUT2D eigenvalue weighted by molar-refractivity contribution is 5.96. The average molecular weight is 593 g/mol. The molecule has 0 unspecified atom stereocenters. The lowest BCUT2D eigenvalue weighted by atomic mass is 9.85. The van der Waals surface area contributed by atoms with Gasteiger partial charge in [-0.25, -0.2) is 4.98 Å². The van der Waals surface area contributed by atoms with Crippen molar-refractivity contribution in [1.29, 1.82) is 0 Å². The molecule has 14 heteroatoms. The van der Waals surface area contributed by atoms with Crippen LogP contribution in [0.1, 0.15) is 67.5 Å². The molecular formula is C28H48N8O6. The van der Waals surface area contributed by atoms with Crippen molar-refractivity contribution in [2.45, 2.75) is 98.4 Å². The molecule has 0 aliphatic carbocycles. The zero-order valence-corrected chi connectivity index (χ0v) is 26.4. The van der Waals surface area contributed by atoms with Gasteiger partial charge in [-0.15, -0.1) is 0 Å². The van der Waals surface area contributed by atoms with Crippen molar-refractivity contribution < 1.29 is 28.8 Å². The fourth-order valence-corrected chi connectivity index (χ4v) is 4.11. The van der Waals surface area contributed by atoms with Gasteiger partial charge in [0.25, 0.3) is 0 Å². The summed E-state index contributed by atoms with van der Waals surface area (Å²) >= 11 is 0. The lowest BCUT2D eigenvalue weighted by Gasteiger charge is -2.32. The van der Waals surface area contributed by atoms with Crippen molar-refractivity contribution in [2.75, 3.05) is 7.05 Å². The van der Waals surface area contributed by atoms with Crippen LogP contribution in [0.4, 0.5) is 0 Å². The highest BCUT2D eigenvalue weighted by Crippen LogP contribution is 2.20. The zero-order chi connectivity index (χ0) is 32.4. The molecule has 0 radical (unpaired) electrons. The Kier molecular flexibility index (Phi) is 13.6. The Labute approximate surface area is 247 Å². The molecule has 1 rings (SSSR count). The summed E-state index contributed by atoms with van der Waals surface area (Å²) in [7, 11) is 3.22. The molecule has 0 saturated carbocycles. The van der Waals surface area contributed by atoms with E-state index in [0.29, 0.717) is 12.1 Å². The number of carbonyl (C=O) groups is 6. The minimum Gasteiger partial charge on any atom is -0.357 e. The van der Waals surface area contributed by atoms with Crippen LogP contribution in [-0.2, 0) is 42.2 Å². The molecular weight excluding hydrogens is 544 g/mol. The van der Waals surface area contributed by atoms with E-state index in [1.165, 1.54) is 20.9 Å². The lowest BCUT2D eigenvalue weighted by Crippen LogP contribution is -2.61. The summed E-state index contributed by atoms with van der Waals surface area (Å²) in [4.78, 5) is 80.5. The van der Waals surface area contributed by atoms with Crippen LogP contribution in [0, 0.1) is 11.3 Å². The third-order valence-electron chi connectivity index (χ3n) is 6.73. The van der Waals surface area contributed by atoms with Gasteiger partial charge in [-0.05, 0) is 24.7 Å². The summed E-state index contributed by atoms with van der Waals surface area (Å²) in [6.07, 6.45) is 3.49. The molecule has 0 saturated heterocycles. The highest BCUT2D eigenvalue weighted by atomic mass is 16.2. The first-order valence-corrected chi connectivity index (χ1v) is 14.1. The van der Waals surface area contributed by atoms with Crippen LogP contribution in [0.15, 0.2) is 12.5 Å². The van der Waals surface area contributed by atoms with E-state index in [2.05, 4.69) is 36.9 Å². The standard InChI is InChI=1S/C28H48N8O6/c1-11-19(32-17(5)37)24(39)33-20(12-18-13-30-14-36(18)10)25(40)31-16(4)23(38)34-21(15(2)3)26(41)35-22(27(42)29-9)28(6,7)8/h13-16,19-22H,11-12H2,1-10H3,(H,29,42)(H,31,40)(H,32,37)(H,33,39)(H,34,38)(H,35,41)/t16-,19-,20-,21-,22+/m0/s1. The first-order valence-electron chi connectivity index (χ1n) is 14.1. The zero-order valence-electron chi connectivity index (χ0n) is 26.4. The molecule has 6 amide bonds. The van der Waals surface area contributed by atoms with Gasteiger partial charge in [0.2, 0.25) is 35.4 Å². The van der Waals surface area contributed by atoms with Gasteiger partial charge in [-0.3, -0.25) is 28.8 Å². The van der Waals surface area contributed by atoms with E-state index in [0.717, 1.165) is 0 Å². The second kappa shape index (κ2) is 15.9.